The Morgan fingerprint density at radius 1 is 1.53 bits per heavy atom. The Balaban J connectivity index is 0.000000555. The molecule has 1 atom stereocenters. The molecular formula is C12H18N3O3S. The first kappa shape index (κ1) is 17.3. The lowest BCUT2D eigenvalue weighted by Crippen LogP contribution is -2.37. The van der Waals surface area contributed by atoms with Crippen LogP contribution >= 0.6 is 12.6 Å². The summed E-state index contributed by atoms with van der Waals surface area (Å²) in [7, 11) is 0. The van der Waals surface area contributed by atoms with E-state index in [4.69, 9.17) is 16.6 Å². The van der Waals surface area contributed by atoms with Crippen LogP contribution < -0.4 is 16.8 Å². The zero-order valence-electron chi connectivity index (χ0n) is 10.6. The number of rotatable bonds is 4. The van der Waals surface area contributed by atoms with Crippen LogP contribution in [-0.2, 0) is 9.59 Å². The summed E-state index contributed by atoms with van der Waals surface area (Å²) in [5, 5.41) is 10.3. The standard InChI is InChI=1S/C9H12N3OS.C3H6O2/c10-6-2-1-3-7(4-6)12-9(13)8(11)5-14;1-2-3(4)5/h1-3,8,14H,5,10-11H2,(H,12,13);2H2,1H3,(H,4,5). The van der Waals surface area contributed by atoms with Gasteiger partial charge in [0.25, 0.3) is 0 Å². The number of hydrogen-bond acceptors (Lipinski definition) is 5. The van der Waals surface area contributed by atoms with Gasteiger partial charge >= 0.3 is 5.97 Å². The van der Waals surface area contributed by atoms with Gasteiger partial charge in [0.15, 0.2) is 0 Å². The molecule has 105 valence electrons. The number of anilines is 2. The van der Waals surface area contributed by atoms with Crippen molar-refractivity contribution in [1.82, 2.24) is 0 Å². The summed E-state index contributed by atoms with van der Waals surface area (Å²) in [5.41, 5.74) is 12.0. The number of benzene rings is 1. The van der Waals surface area contributed by atoms with Crippen LogP contribution in [-0.4, -0.2) is 28.8 Å². The van der Waals surface area contributed by atoms with Crippen LogP contribution in [0.5, 0.6) is 0 Å². The maximum absolute atomic E-state index is 11.3. The highest BCUT2D eigenvalue weighted by Crippen LogP contribution is 2.10. The SMILES string of the molecule is CCC(=O)O.Nc1[c]c(NC(=O)C(N)CS)ccc1. The second-order valence-corrected chi connectivity index (χ2v) is 3.91. The summed E-state index contributed by atoms with van der Waals surface area (Å²) in [6.45, 7) is 1.60. The van der Waals surface area contributed by atoms with Gasteiger partial charge in [-0.05, 0) is 12.1 Å². The van der Waals surface area contributed by atoms with Gasteiger partial charge in [-0.2, -0.15) is 12.6 Å². The number of carboxylic acids is 1. The van der Waals surface area contributed by atoms with Crippen LogP contribution in [0.1, 0.15) is 13.3 Å². The summed E-state index contributed by atoms with van der Waals surface area (Å²) >= 11 is 3.92. The smallest absolute Gasteiger partial charge is 0.303 e. The molecule has 1 rings (SSSR count). The largest absolute Gasteiger partial charge is 0.481 e. The van der Waals surface area contributed by atoms with E-state index in [1.807, 2.05) is 0 Å². The van der Waals surface area contributed by atoms with Gasteiger partial charge < -0.3 is 21.9 Å². The zero-order valence-corrected chi connectivity index (χ0v) is 11.5. The van der Waals surface area contributed by atoms with Gasteiger partial charge in [0.05, 0.1) is 11.7 Å². The fourth-order valence-electron chi connectivity index (χ4n) is 0.868. The number of nitrogens with two attached hydrogens (primary N) is 2. The van der Waals surface area contributed by atoms with Crippen LogP contribution in [0.3, 0.4) is 0 Å². The molecule has 0 aliphatic carbocycles. The Bertz CT molecular complexity index is 426. The number of hydrogen-bond donors (Lipinski definition) is 5. The first-order valence-electron chi connectivity index (χ1n) is 5.57. The van der Waals surface area contributed by atoms with E-state index in [1.165, 1.54) is 0 Å². The third-order valence-corrected chi connectivity index (χ3v) is 2.30. The van der Waals surface area contributed by atoms with Crippen molar-refractivity contribution < 1.29 is 14.7 Å². The number of nitrogens with one attached hydrogen (secondary N) is 1. The average Bonchev–Trinajstić information content (AvgIpc) is 2.38. The maximum atomic E-state index is 11.3. The molecular weight excluding hydrogens is 266 g/mol. The van der Waals surface area contributed by atoms with Crippen LogP contribution in [0.2, 0.25) is 0 Å². The molecule has 0 spiro atoms. The summed E-state index contributed by atoms with van der Waals surface area (Å²) in [6.07, 6.45) is 0.222. The molecule has 1 aromatic rings. The van der Waals surface area contributed by atoms with Crippen molar-refractivity contribution in [2.75, 3.05) is 16.8 Å². The number of thiol groups is 1. The monoisotopic (exact) mass is 284 g/mol. The Morgan fingerprint density at radius 2 is 2.11 bits per heavy atom. The number of carboxylic acid groups (broad SMARTS) is 1. The van der Waals surface area contributed by atoms with E-state index in [9.17, 15) is 9.59 Å². The fourth-order valence-corrected chi connectivity index (χ4v) is 1.03. The summed E-state index contributed by atoms with van der Waals surface area (Å²) in [6, 6.07) is 7.28. The molecule has 0 saturated heterocycles. The van der Waals surface area contributed by atoms with E-state index in [2.05, 4.69) is 24.0 Å². The Labute approximate surface area is 117 Å². The lowest BCUT2D eigenvalue weighted by Gasteiger charge is -2.09. The molecule has 0 heterocycles. The molecule has 1 radical (unpaired) electrons. The minimum absolute atomic E-state index is 0.222. The maximum Gasteiger partial charge on any atom is 0.303 e. The molecule has 0 saturated carbocycles. The number of carbonyl (C=O) groups is 2. The van der Waals surface area contributed by atoms with E-state index in [0.29, 0.717) is 17.1 Å². The summed E-state index contributed by atoms with van der Waals surface area (Å²) < 4.78 is 0. The van der Waals surface area contributed by atoms with Crippen LogP contribution in [0.15, 0.2) is 18.2 Å². The molecule has 7 heteroatoms. The number of aliphatic carboxylic acids is 1. The van der Waals surface area contributed by atoms with Crippen molar-refractivity contribution in [3.63, 3.8) is 0 Å². The van der Waals surface area contributed by atoms with Crippen LogP contribution in [0.4, 0.5) is 11.4 Å². The second kappa shape index (κ2) is 9.23. The molecule has 6 nitrogen and oxygen atoms in total. The quantitative estimate of drug-likeness (QED) is 0.413. The van der Waals surface area contributed by atoms with E-state index >= 15 is 0 Å². The van der Waals surface area contributed by atoms with Gasteiger partial charge in [0, 0.05) is 23.9 Å². The van der Waals surface area contributed by atoms with Crippen molar-refractivity contribution in [2.45, 2.75) is 19.4 Å². The van der Waals surface area contributed by atoms with Gasteiger partial charge in [-0.15, -0.1) is 0 Å². The van der Waals surface area contributed by atoms with Gasteiger partial charge in [0.2, 0.25) is 5.91 Å². The molecule has 0 fully saturated rings. The molecule has 1 aromatic carbocycles. The van der Waals surface area contributed by atoms with Gasteiger partial charge in [-0.1, -0.05) is 13.0 Å². The van der Waals surface area contributed by atoms with Crippen molar-refractivity contribution in [3.05, 3.63) is 24.3 Å². The lowest BCUT2D eigenvalue weighted by atomic mass is 10.2. The number of amides is 1. The molecule has 6 N–H and O–H groups in total. The minimum Gasteiger partial charge on any atom is -0.481 e. The Kier molecular flexibility index (Phi) is 8.39. The fraction of sp³-hybridized carbons (Fsp3) is 0.333. The summed E-state index contributed by atoms with van der Waals surface area (Å²) in [4.78, 5) is 20.7. The number of carbonyl (C=O) groups excluding carboxylic acids is 1. The zero-order chi connectivity index (χ0) is 14.8. The molecule has 19 heavy (non-hydrogen) atoms. The Morgan fingerprint density at radius 3 is 2.53 bits per heavy atom. The highest BCUT2D eigenvalue weighted by atomic mass is 32.1. The van der Waals surface area contributed by atoms with E-state index < -0.39 is 12.0 Å². The molecule has 0 aromatic heterocycles. The molecule has 1 amide bonds. The normalized spacial score (nSPS) is 10.9. The third-order valence-electron chi connectivity index (χ3n) is 1.91. The topological polar surface area (TPSA) is 118 Å². The van der Waals surface area contributed by atoms with Gasteiger partial charge in [-0.25, -0.2) is 0 Å². The van der Waals surface area contributed by atoms with E-state index in [0.717, 1.165) is 0 Å². The Hall–Kier alpha value is -1.73. The first-order valence-corrected chi connectivity index (χ1v) is 6.20. The van der Waals surface area contributed by atoms with Crippen molar-refractivity contribution in [2.24, 2.45) is 5.73 Å². The highest BCUT2D eigenvalue weighted by Gasteiger charge is 2.11. The van der Waals surface area contributed by atoms with Crippen LogP contribution in [0.25, 0.3) is 0 Å². The predicted molar refractivity (Wildman–Crippen MR) is 78.1 cm³/mol. The number of nitrogen functional groups attached to an aromatic ring is 1. The molecule has 1 unspecified atom stereocenters. The van der Waals surface area contributed by atoms with Gasteiger partial charge in [-0.3, -0.25) is 9.59 Å². The minimum atomic E-state index is -0.745. The van der Waals surface area contributed by atoms with Crippen LogP contribution in [0, 0.1) is 6.07 Å². The third kappa shape index (κ3) is 8.06. The van der Waals surface area contributed by atoms with Crippen molar-refractivity contribution >= 4 is 35.9 Å². The van der Waals surface area contributed by atoms with E-state index in [1.54, 1.807) is 25.1 Å². The predicted octanol–water partition coefficient (Wildman–Crippen LogP) is 0.746. The van der Waals surface area contributed by atoms with Crippen molar-refractivity contribution in [1.29, 1.82) is 0 Å². The van der Waals surface area contributed by atoms with Gasteiger partial charge in [0.1, 0.15) is 0 Å². The van der Waals surface area contributed by atoms with E-state index in [-0.39, 0.29) is 12.3 Å². The molecule has 0 bridgehead atoms. The lowest BCUT2D eigenvalue weighted by molar-refractivity contribution is -0.136. The average molecular weight is 284 g/mol. The molecule has 0 aliphatic heterocycles. The van der Waals surface area contributed by atoms with Crippen molar-refractivity contribution in [3.8, 4) is 0 Å². The second-order valence-electron chi connectivity index (χ2n) is 3.55. The molecule has 0 aliphatic rings. The summed E-state index contributed by atoms with van der Waals surface area (Å²) in [5.74, 6) is -0.736. The highest BCUT2D eigenvalue weighted by molar-refractivity contribution is 7.80. The first-order chi connectivity index (χ1) is 8.90.